The van der Waals surface area contributed by atoms with Crippen molar-refractivity contribution >= 4 is 0 Å². The molecule has 0 aliphatic carbocycles. The number of hydrogen-bond donors (Lipinski definition) is 0. The van der Waals surface area contributed by atoms with Crippen LogP contribution in [0.3, 0.4) is 0 Å². The van der Waals surface area contributed by atoms with Crippen LogP contribution in [0, 0.1) is 0 Å². The fourth-order valence-electron chi connectivity index (χ4n) is 2.16. The maximum atomic E-state index is 5.75. The molecule has 2 heteroatoms. The Morgan fingerprint density at radius 2 is 1.94 bits per heavy atom. The monoisotopic (exact) mass is 232 g/mol. The summed E-state index contributed by atoms with van der Waals surface area (Å²) in [6.45, 7) is 5.57. The summed E-state index contributed by atoms with van der Waals surface area (Å²) < 4.78 is 11.5. The van der Waals surface area contributed by atoms with Gasteiger partial charge < -0.3 is 9.47 Å². The minimum absolute atomic E-state index is 0.232. The van der Waals surface area contributed by atoms with Gasteiger partial charge in [0.25, 0.3) is 0 Å². The quantitative estimate of drug-likeness (QED) is 0.725. The zero-order valence-electron chi connectivity index (χ0n) is 10.6. The predicted octanol–water partition coefficient (Wildman–Crippen LogP) is 3.33. The Morgan fingerprint density at radius 1 is 1.18 bits per heavy atom. The van der Waals surface area contributed by atoms with Gasteiger partial charge in [0, 0.05) is 0 Å². The summed E-state index contributed by atoms with van der Waals surface area (Å²) in [7, 11) is 0. The molecule has 1 aliphatic heterocycles. The van der Waals surface area contributed by atoms with E-state index in [9.17, 15) is 0 Å². The van der Waals surface area contributed by atoms with Crippen molar-refractivity contribution in [3.63, 3.8) is 0 Å². The largest absolute Gasteiger partial charge is 0.372 e. The van der Waals surface area contributed by atoms with Crippen molar-refractivity contribution in [2.75, 3.05) is 6.61 Å². The molecule has 0 spiro atoms. The van der Waals surface area contributed by atoms with E-state index in [0.717, 1.165) is 6.42 Å². The lowest BCUT2D eigenvalue weighted by atomic mass is 10.1. The van der Waals surface area contributed by atoms with Crippen molar-refractivity contribution in [1.82, 2.24) is 0 Å². The van der Waals surface area contributed by atoms with Crippen LogP contribution in [0.1, 0.15) is 25.8 Å². The van der Waals surface area contributed by atoms with Crippen molar-refractivity contribution in [3.05, 3.63) is 47.5 Å². The fraction of sp³-hybridized carbons (Fsp3) is 0.467. The molecule has 0 amide bonds. The molecule has 0 bridgehead atoms. The van der Waals surface area contributed by atoms with E-state index in [2.05, 4.69) is 32.1 Å². The Balaban J connectivity index is 1.80. The standard InChI is InChI=1S/C15H20O2/c1-3-15-14(9-12(2)17-15)11-16-10-13-7-5-4-6-8-13/h4-9,12,15H,3,10-11H2,1-2H3/t12-,15-/m0/s1. The zero-order valence-corrected chi connectivity index (χ0v) is 10.6. The van der Waals surface area contributed by atoms with Gasteiger partial charge in [0.1, 0.15) is 0 Å². The minimum Gasteiger partial charge on any atom is -0.372 e. The summed E-state index contributed by atoms with van der Waals surface area (Å²) in [5, 5.41) is 0. The van der Waals surface area contributed by atoms with Crippen molar-refractivity contribution in [2.45, 2.75) is 39.1 Å². The van der Waals surface area contributed by atoms with Gasteiger partial charge in [-0.25, -0.2) is 0 Å². The molecule has 17 heavy (non-hydrogen) atoms. The Hall–Kier alpha value is -1.12. The van der Waals surface area contributed by atoms with Crippen LogP contribution in [0.2, 0.25) is 0 Å². The van der Waals surface area contributed by atoms with E-state index in [0.29, 0.717) is 13.2 Å². The lowest BCUT2D eigenvalue weighted by molar-refractivity contribution is 0.0528. The van der Waals surface area contributed by atoms with Crippen LogP contribution in [0.15, 0.2) is 42.0 Å². The number of benzene rings is 1. The van der Waals surface area contributed by atoms with Crippen molar-refractivity contribution < 1.29 is 9.47 Å². The van der Waals surface area contributed by atoms with Crippen LogP contribution in [-0.4, -0.2) is 18.8 Å². The smallest absolute Gasteiger partial charge is 0.0813 e. The molecule has 1 heterocycles. The van der Waals surface area contributed by atoms with Gasteiger partial charge >= 0.3 is 0 Å². The van der Waals surface area contributed by atoms with E-state index >= 15 is 0 Å². The molecule has 0 aromatic heterocycles. The molecule has 0 N–H and O–H groups in total. The Bertz CT molecular complexity index is 370. The van der Waals surface area contributed by atoms with Crippen LogP contribution in [0.4, 0.5) is 0 Å². The molecule has 1 aliphatic rings. The van der Waals surface area contributed by atoms with Gasteiger partial charge in [-0.3, -0.25) is 0 Å². The summed E-state index contributed by atoms with van der Waals surface area (Å²) in [5.74, 6) is 0. The van der Waals surface area contributed by atoms with Gasteiger partial charge in [0.05, 0.1) is 25.4 Å². The van der Waals surface area contributed by atoms with Crippen LogP contribution in [0.5, 0.6) is 0 Å². The summed E-state index contributed by atoms with van der Waals surface area (Å²) in [6.07, 6.45) is 3.68. The molecule has 2 nitrogen and oxygen atoms in total. The van der Waals surface area contributed by atoms with Gasteiger partial charge in [0.2, 0.25) is 0 Å². The van der Waals surface area contributed by atoms with Crippen molar-refractivity contribution in [3.8, 4) is 0 Å². The summed E-state index contributed by atoms with van der Waals surface area (Å²) in [5.41, 5.74) is 2.50. The second-order valence-corrected chi connectivity index (χ2v) is 4.46. The molecular formula is C15H20O2. The number of ether oxygens (including phenoxy) is 2. The van der Waals surface area contributed by atoms with E-state index in [1.807, 2.05) is 18.2 Å². The van der Waals surface area contributed by atoms with Gasteiger partial charge in [-0.05, 0) is 24.5 Å². The first-order chi connectivity index (χ1) is 8.29. The highest BCUT2D eigenvalue weighted by Gasteiger charge is 2.22. The van der Waals surface area contributed by atoms with Crippen LogP contribution < -0.4 is 0 Å². The maximum absolute atomic E-state index is 5.75. The normalized spacial score (nSPS) is 23.8. The fourth-order valence-corrected chi connectivity index (χ4v) is 2.16. The molecule has 0 fully saturated rings. The lowest BCUT2D eigenvalue weighted by Crippen LogP contribution is -2.14. The van der Waals surface area contributed by atoms with Crippen LogP contribution in [0.25, 0.3) is 0 Å². The number of rotatable bonds is 5. The highest BCUT2D eigenvalue weighted by molar-refractivity contribution is 5.17. The molecule has 0 saturated carbocycles. The first-order valence-corrected chi connectivity index (χ1v) is 6.27. The Labute approximate surface area is 103 Å². The van der Waals surface area contributed by atoms with Gasteiger partial charge in [-0.2, -0.15) is 0 Å². The minimum atomic E-state index is 0.232. The SMILES string of the molecule is CC[C@@H]1O[C@@H](C)C=C1COCc1ccccc1. The molecule has 2 atom stereocenters. The number of hydrogen-bond acceptors (Lipinski definition) is 2. The predicted molar refractivity (Wildman–Crippen MR) is 68.8 cm³/mol. The highest BCUT2D eigenvalue weighted by Crippen LogP contribution is 2.22. The Morgan fingerprint density at radius 3 is 2.65 bits per heavy atom. The third-order valence-corrected chi connectivity index (χ3v) is 2.99. The van der Waals surface area contributed by atoms with Gasteiger partial charge in [-0.15, -0.1) is 0 Å². The summed E-state index contributed by atoms with van der Waals surface area (Å²) in [6, 6.07) is 10.3. The molecular weight excluding hydrogens is 212 g/mol. The van der Waals surface area contributed by atoms with E-state index in [4.69, 9.17) is 9.47 Å². The summed E-state index contributed by atoms with van der Waals surface area (Å²) in [4.78, 5) is 0. The molecule has 1 aromatic carbocycles. The molecule has 0 radical (unpaired) electrons. The molecule has 0 saturated heterocycles. The van der Waals surface area contributed by atoms with Crippen molar-refractivity contribution in [2.24, 2.45) is 0 Å². The molecule has 92 valence electrons. The van der Waals surface area contributed by atoms with E-state index in [1.165, 1.54) is 11.1 Å². The first-order valence-electron chi connectivity index (χ1n) is 6.27. The Kier molecular flexibility index (Phi) is 4.35. The van der Waals surface area contributed by atoms with Crippen LogP contribution in [-0.2, 0) is 16.1 Å². The lowest BCUT2D eigenvalue weighted by Gasteiger charge is -2.13. The van der Waals surface area contributed by atoms with E-state index in [1.54, 1.807) is 0 Å². The zero-order chi connectivity index (χ0) is 12.1. The maximum Gasteiger partial charge on any atom is 0.0813 e. The van der Waals surface area contributed by atoms with Crippen molar-refractivity contribution in [1.29, 1.82) is 0 Å². The third kappa shape index (κ3) is 3.42. The third-order valence-electron chi connectivity index (χ3n) is 2.99. The average molecular weight is 232 g/mol. The highest BCUT2D eigenvalue weighted by atomic mass is 16.5. The second kappa shape index (κ2) is 5.99. The van der Waals surface area contributed by atoms with E-state index < -0.39 is 0 Å². The van der Waals surface area contributed by atoms with E-state index in [-0.39, 0.29) is 12.2 Å². The summed E-state index contributed by atoms with van der Waals surface area (Å²) >= 11 is 0. The van der Waals surface area contributed by atoms with Crippen LogP contribution >= 0.6 is 0 Å². The first kappa shape index (κ1) is 12.3. The molecule has 1 aromatic rings. The topological polar surface area (TPSA) is 18.5 Å². The second-order valence-electron chi connectivity index (χ2n) is 4.46. The molecule has 0 unspecified atom stereocenters. The molecule has 2 rings (SSSR count). The van der Waals surface area contributed by atoms with Gasteiger partial charge in [0.15, 0.2) is 0 Å². The average Bonchev–Trinajstić information content (AvgIpc) is 2.71. The van der Waals surface area contributed by atoms with Gasteiger partial charge in [-0.1, -0.05) is 43.3 Å².